The van der Waals surface area contributed by atoms with Crippen molar-refractivity contribution in [2.45, 2.75) is 19.9 Å². The maximum Gasteiger partial charge on any atom is 0.338 e. The highest BCUT2D eigenvalue weighted by Gasteiger charge is 2.33. The number of carbonyl (C=O) groups excluding carboxylic acids is 2. The van der Waals surface area contributed by atoms with E-state index in [0.717, 1.165) is 15.8 Å². The summed E-state index contributed by atoms with van der Waals surface area (Å²) in [6.45, 7) is 3.00. The summed E-state index contributed by atoms with van der Waals surface area (Å²) < 4.78 is 23.7. The highest BCUT2D eigenvalue weighted by atomic mass is 79.9. The average molecular weight is 587 g/mol. The van der Waals surface area contributed by atoms with Crippen molar-refractivity contribution in [2.75, 3.05) is 21.3 Å². The fraction of sp³-hybridized carbons (Fsp3) is 0.231. The molecule has 3 aromatic rings. The molecule has 4 rings (SSSR count). The van der Waals surface area contributed by atoms with Crippen molar-refractivity contribution in [2.24, 2.45) is 4.99 Å². The van der Waals surface area contributed by atoms with E-state index in [1.54, 1.807) is 49.4 Å². The van der Waals surface area contributed by atoms with Gasteiger partial charge in [-0.2, -0.15) is 0 Å². The van der Waals surface area contributed by atoms with Gasteiger partial charge in [0.15, 0.2) is 16.3 Å². The zero-order chi connectivity index (χ0) is 26.9. The molecule has 0 N–H and O–H groups in total. The Bertz CT molecular complexity index is 1620. The third-order valence-corrected chi connectivity index (χ3v) is 7.14. The van der Waals surface area contributed by atoms with Gasteiger partial charge in [0.25, 0.3) is 5.56 Å². The van der Waals surface area contributed by atoms with Crippen molar-refractivity contribution in [1.82, 2.24) is 4.57 Å². The highest BCUT2D eigenvalue weighted by Crippen LogP contribution is 2.36. The molecule has 37 heavy (non-hydrogen) atoms. The summed E-state index contributed by atoms with van der Waals surface area (Å²) in [5, 5.41) is 0. The molecule has 0 radical (unpaired) electrons. The first-order valence-electron chi connectivity index (χ1n) is 11.0. The Kier molecular flexibility index (Phi) is 7.65. The van der Waals surface area contributed by atoms with Gasteiger partial charge < -0.3 is 18.9 Å². The highest BCUT2D eigenvalue weighted by molar-refractivity contribution is 9.10. The SMILES string of the molecule is COC(=O)C1=C(C)N=c2s/c(=C/c3cc(Br)ccc3OC(C)=O)c(=O)n2[C@H]1c1ccc(OC)c(OC)c1. The van der Waals surface area contributed by atoms with E-state index in [4.69, 9.17) is 18.9 Å². The second-order valence-corrected chi connectivity index (χ2v) is 9.89. The predicted octanol–water partition coefficient (Wildman–Crippen LogP) is 3.11. The van der Waals surface area contributed by atoms with Gasteiger partial charge in [-0.25, -0.2) is 9.79 Å². The third-order valence-electron chi connectivity index (χ3n) is 5.66. The van der Waals surface area contributed by atoms with Crippen LogP contribution in [0.5, 0.6) is 17.2 Å². The number of esters is 2. The van der Waals surface area contributed by atoms with Crippen LogP contribution < -0.4 is 29.1 Å². The predicted molar refractivity (Wildman–Crippen MR) is 141 cm³/mol. The second kappa shape index (κ2) is 10.7. The number of aromatic nitrogens is 1. The molecule has 1 aliphatic heterocycles. The van der Waals surface area contributed by atoms with Crippen molar-refractivity contribution in [3.05, 3.63) is 83.0 Å². The number of nitrogens with zero attached hydrogens (tertiary/aromatic N) is 2. The molecule has 2 heterocycles. The molecule has 0 unspecified atom stereocenters. The minimum Gasteiger partial charge on any atom is -0.493 e. The van der Waals surface area contributed by atoms with Crippen LogP contribution >= 0.6 is 27.3 Å². The molecule has 11 heteroatoms. The maximum absolute atomic E-state index is 13.8. The summed E-state index contributed by atoms with van der Waals surface area (Å²) in [4.78, 5) is 43.2. The van der Waals surface area contributed by atoms with E-state index in [1.807, 2.05) is 0 Å². The van der Waals surface area contributed by atoms with Gasteiger partial charge in [0, 0.05) is 17.0 Å². The molecule has 0 fully saturated rings. The van der Waals surface area contributed by atoms with Gasteiger partial charge >= 0.3 is 11.9 Å². The normalized spacial score (nSPS) is 15.1. The molecule has 192 valence electrons. The first-order chi connectivity index (χ1) is 17.7. The number of hydrogen-bond acceptors (Lipinski definition) is 9. The average Bonchev–Trinajstić information content (AvgIpc) is 3.17. The van der Waals surface area contributed by atoms with Crippen molar-refractivity contribution in [3.63, 3.8) is 0 Å². The second-order valence-electron chi connectivity index (χ2n) is 7.96. The summed E-state index contributed by atoms with van der Waals surface area (Å²) in [5.74, 6) is 0.182. The molecule has 0 aliphatic carbocycles. The fourth-order valence-corrected chi connectivity index (χ4v) is 5.47. The summed E-state index contributed by atoms with van der Waals surface area (Å²) in [5.41, 5.74) is 1.44. The minimum atomic E-state index is -0.818. The smallest absolute Gasteiger partial charge is 0.338 e. The Morgan fingerprint density at radius 1 is 1.05 bits per heavy atom. The van der Waals surface area contributed by atoms with E-state index in [1.165, 1.54) is 32.8 Å². The van der Waals surface area contributed by atoms with Crippen LogP contribution in [0, 0.1) is 0 Å². The summed E-state index contributed by atoms with van der Waals surface area (Å²) in [6, 6.07) is 9.49. The number of benzene rings is 2. The van der Waals surface area contributed by atoms with Crippen LogP contribution in [0.25, 0.3) is 6.08 Å². The number of halogens is 1. The van der Waals surface area contributed by atoms with Gasteiger partial charge in [-0.15, -0.1) is 0 Å². The van der Waals surface area contributed by atoms with Gasteiger partial charge in [0.05, 0.1) is 43.2 Å². The van der Waals surface area contributed by atoms with Crippen LogP contribution in [0.3, 0.4) is 0 Å². The number of rotatable bonds is 6. The summed E-state index contributed by atoms with van der Waals surface area (Å²) in [6.07, 6.45) is 1.63. The third kappa shape index (κ3) is 5.09. The fourth-order valence-electron chi connectivity index (χ4n) is 4.05. The number of ether oxygens (including phenoxy) is 4. The lowest BCUT2D eigenvalue weighted by Gasteiger charge is -2.25. The van der Waals surface area contributed by atoms with Gasteiger partial charge in [-0.05, 0) is 48.9 Å². The van der Waals surface area contributed by atoms with Gasteiger partial charge in [0.1, 0.15) is 5.75 Å². The molecular weight excluding hydrogens is 564 g/mol. The van der Waals surface area contributed by atoms with E-state index in [2.05, 4.69) is 20.9 Å². The molecule has 9 nitrogen and oxygen atoms in total. The van der Waals surface area contributed by atoms with Crippen LogP contribution in [0.15, 0.2) is 61.9 Å². The number of fused-ring (bicyclic) bond motifs is 1. The largest absolute Gasteiger partial charge is 0.493 e. The number of methoxy groups -OCH3 is 3. The first kappa shape index (κ1) is 26.4. The molecule has 1 aliphatic rings. The van der Waals surface area contributed by atoms with Gasteiger partial charge in [-0.1, -0.05) is 33.3 Å². The van der Waals surface area contributed by atoms with Gasteiger partial charge in [-0.3, -0.25) is 14.2 Å². The molecular formula is C26H23BrN2O7S. The molecule has 0 bridgehead atoms. The van der Waals surface area contributed by atoms with E-state index < -0.39 is 18.0 Å². The van der Waals surface area contributed by atoms with Crippen LogP contribution in [-0.2, 0) is 14.3 Å². The van der Waals surface area contributed by atoms with E-state index in [9.17, 15) is 14.4 Å². The number of allylic oxidation sites excluding steroid dienone is 1. The Morgan fingerprint density at radius 2 is 1.76 bits per heavy atom. The minimum absolute atomic E-state index is 0.233. The van der Waals surface area contributed by atoms with E-state index >= 15 is 0 Å². The van der Waals surface area contributed by atoms with Crippen molar-refractivity contribution >= 4 is 45.3 Å². The van der Waals surface area contributed by atoms with E-state index in [0.29, 0.717) is 43.4 Å². The Morgan fingerprint density at radius 3 is 2.41 bits per heavy atom. The summed E-state index contributed by atoms with van der Waals surface area (Å²) in [7, 11) is 4.31. The van der Waals surface area contributed by atoms with Gasteiger partial charge in [0.2, 0.25) is 0 Å². The standard InChI is InChI=1S/C26H23BrN2O7S/c1-13-22(25(32)35-5)23(15-6-8-19(33-3)20(11-15)34-4)29-24(31)21(37-26(29)28-13)12-16-10-17(27)7-9-18(16)36-14(2)30/h6-12,23H,1-5H3/b21-12+/t23-/m0/s1. The molecule has 0 saturated carbocycles. The Hall–Kier alpha value is -3.70. The topological polar surface area (TPSA) is 105 Å². The Labute approximate surface area is 224 Å². The zero-order valence-corrected chi connectivity index (χ0v) is 23.1. The number of thiazole rings is 1. The number of carbonyl (C=O) groups is 2. The Balaban J connectivity index is 1.98. The monoisotopic (exact) mass is 586 g/mol. The maximum atomic E-state index is 13.8. The van der Waals surface area contributed by atoms with Crippen LogP contribution in [0.1, 0.15) is 31.0 Å². The van der Waals surface area contributed by atoms with Crippen molar-refractivity contribution in [3.8, 4) is 17.2 Å². The summed E-state index contributed by atoms with van der Waals surface area (Å²) >= 11 is 4.58. The molecule has 0 amide bonds. The lowest BCUT2D eigenvalue weighted by molar-refractivity contribution is -0.136. The number of hydrogen-bond donors (Lipinski definition) is 0. The molecule has 2 aromatic carbocycles. The molecule has 1 aromatic heterocycles. The van der Waals surface area contributed by atoms with E-state index in [-0.39, 0.29) is 11.1 Å². The lowest BCUT2D eigenvalue weighted by atomic mass is 9.95. The molecule has 0 saturated heterocycles. The first-order valence-corrected chi connectivity index (χ1v) is 12.6. The van der Waals surface area contributed by atoms with Crippen LogP contribution in [0.2, 0.25) is 0 Å². The van der Waals surface area contributed by atoms with Crippen molar-refractivity contribution < 1.29 is 28.5 Å². The quantitative estimate of drug-likeness (QED) is 0.323. The zero-order valence-electron chi connectivity index (χ0n) is 20.7. The molecule has 1 atom stereocenters. The lowest BCUT2D eigenvalue weighted by Crippen LogP contribution is -2.39. The van der Waals surface area contributed by atoms with Crippen molar-refractivity contribution in [1.29, 1.82) is 0 Å². The van der Waals surface area contributed by atoms with Crippen LogP contribution in [0.4, 0.5) is 0 Å². The molecule has 0 spiro atoms. The van der Waals surface area contributed by atoms with Crippen LogP contribution in [-0.4, -0.2) is 37.8 Å².